The summed E-state index contributed by atoms with van der Waals surface area (Å²) in [4.78, 5) is 36.9. The van der Waals surface area contributed by atoms with Crippen LogP contribution in [0.25, 0.3) is 0 Å². The van der Waals surface area contributed by atoms with Crippen LogP contribution in [0.5, 0.6) is 0 Å². The lowest BCUT2D eigenvalue weighted by Crippen LogP contribution is -2.22. The van der Waals surface area contributed by atoms with Gasteiger partial charge in [-0.25, -0.2) is 0 Å². The summed E-state index contributed by atoms with van der Waals surface area (Å²) < 4.78 is 0. The van der Waals surface area contributed by atoms with E-state index >= 15 is 0 Å². The van der Waals surface area contributed by atoms with Crippen molar-refractivity contribution < 1.29 is 14.5 Å². The molecule has 9 heteroatoms. The van der Waals surface area contributed by atoms with Crippen molar-refractivity contribution >= 4 is 45.4 Å². The van der Waals surface area contributed by atoms with E-state index in [0.717, 1.165) is 42.5 Å². The van der Waals surface area contributed by atoms with Gasteiger partial charge in [0.25, 0.3) is 17.5 Å². The first-order valence-corrected chi connectivity index (χ1v) is 9.73. The number of benzene rings is 1. The van der Waals surface area contributed by atoms with Crippen molar-refractivity contribution in [2.45, 2.75) is 32.1 Å². The van der Waals surface area contributed by atoms with E-state index in [1.54, 1.807) is 0 Å². The molecule has 1 heterocycles. The largest absolute Gasteiger partial charge is 0.355 e. The number of anilines is 1. The van der Waals surface area contributed by atoms with E-state index in [1.807, 2.05) is 0 Å². The molecule has 1 aromatic heterocycles. The van der Waals surface area contributed by atoms with Gasteiger partial charge in [0.05, 0.1) is 10.5 Å². The molecule has 1 aliphatic carbocycles. The molecule has 3 rings (SSSR count). The lowest BCUT2D eigenvalue weighted by atomic mass is 10.0. The number of hydrogen-bond acceptors (Lipinski definition) is 5. The monoisotopic (exact) mass is 407 g/mol. The Bertz CT molecular complexity index is 926. The van der Waals surface area contributed by atoms with Crippen LogP contribution in [0.2, 0.25) is 5.02 Å². The molecule has 0 radical (unpaired) electrons. The predicted octanol–water partition coefficient (Wildman–Crippen LogP) is 4.19. The molecule has 0 unspecified atom stereocenters. The Kier molecular flexibility index (Phi) is 5.76. The third-order valence-corrected chi connectivity index (χ3v) is 5.94. The van der Waals surface area contributed by atoms with Crippen LogP contribution in [-0.2, 0) is 12.8 Å². The van der Waals surface area contributed by atoms with Crippen LogP contribution in [0, 0.1) is 10.1 Å². The fourth-order valence-corrected chi connectivity index (χ4v) is 4.67. The average Bonchev–Trinajstić information content (AvgIpc) is 2.81. The zero-order chi connectivity index (χ0) is 19.6. The van der Waals surface area contributed by atoms with E-state index in [0.29, 0.717) is 10.6 Å². The quantitative estimate of drug-likeness (QED) is 0.450. The Labute approximate surface area is 164 Å². The van der Waals surface area contributed by atoms with Crippen molar-refractivity contribution in [3.05, 3.63) is 54.9 Å². The normalized spacial score (nSPS) is 13.4. The van der Waals surface area contributed by atoms with Gasteiger partial charge in [-0.05, 0) is 43.4 Å². The van der Waals surface area contributed by atoms with Gasteiger partial charge in [0.15, 0.2) is 0 Å². The van der Waals surface area contributed by atoms with Gasteiger partial charge in [-0.3, -0.25) is 19.7 Å². The molecule has 0 atom stereocenters. The van der Waals surface area contributed by atoms with Crippen molar-refractivity contribution in [1.82, 2.24) is 5.32 Å². The predicted molar refractivity (Wildman–Crippen MR) is 105 cm³/mol. The smallest absolute Gasteiger partial charge is 0.282 e. The van der Waals surface area contributed by atoms with Gasteiger partial charge in [0.1, 0.15) is 10.6 Å². The molecule has 0 spiro atoms. The number of nitrogens with zero attached hydrogens (tertiary/aromatic N) is 1. The minimum absolute atomic E-state index is 0.140. The van der Waals surface area contributed by atoms with Gasteiger partial charge < -0.3 is 10.6 Å². The van der Waals surface area contributed by atoms with Crippen LogP contribution in [-0.4, -0.2) is 23.8 Å². The van der Waals surface area contributed by atoms with Gasteiger partial charge in [0, 0.05) is 23.0 Å². The summed E-state index contributed by atoms with van der Waals surface area (Å²) in [6.07, 6.45) is 4.76. The molecular formula is C18H18ClN3O4S. The molecule has 2 N–H and O–H groups in total. The third kappa shape index (κ3) is 3.96. The number of aryl methyl sites for hydroxylation is 1. The fourth-order valence-electron chi connectivity index (χ4n) is 3.22. The molecule has 27 heavy (non-hydrogen) atoms. The highest BCUT2D eigenvalue weighted by molar-refractivity contribution is 7.17. The summed E-state index contributed by atoms with van der Waals surface area (Å²) in [6.45, 7) is 0. The number of amides is 2. The summed E-state index contributed by atoms with van der Waals surface area (Å²) in [5.41, 5.74) is 0.945. The van der Waals surface area contributed by atoms with E-state index in [2.05, 4.69) is 10.6 Å². The summed E-state index contributed by atoms with van der Waals surface area (Å²) >= 11 is 7.27. The number of hydrogen-bond donors (Lipinski definition) is 2. The number of nitrogens with one attached hydrogen (secondary N) is 2. The number of carbonyl (C=O) groups is 2. The second-order valence-corrected chi connectivity index (χ2v) is 7.76. The summed E-state index contributed by atoms with van der Waals surface area (Å²) in [7, 11) is 1.54. The summed E-state index contributed by atoms with van der Waals surface area (Å²) in [6, 6.07) is 3.81. The van der Waals surface area contributed by atoms with Crippen molar-refractivity contribution in [2.24, 2.45) is 0 Å². The summed E-state index contributed by atoms with van der Waals surface area (Å²) in [5, 5.41) is 17.2. The molecule has 0 bridgehead atoms. The van der Waals surface area contributed by atoms with Gasteiger partial charge in [0.2, 0.25) is 0 Å². The highest BCUT2D eigenvalue weighted by atomic mass is 35.5. The number of nitro groups is 1. The third-order valence-electron chi connectivity index (χ3n) is 4.50. The molecule has 2 amide bonds. The van der Waals surface area contributed by atoms with Crippen LogP contribution in [0.15, 0.2) is 18.2 Å². The van der Waals surface area contributed by atoms with Crippen molar-refractivity contribution in [2.75, 3.05) is 12.4 Å². The van der Waals surface area contributed by atoms with Crippen LogP contribution in [0.1, 0.15) is 50.4 Å². The maximum Gasteiger partial charge on any atom is 0.282 e. The highest BCUT2D eigenvalue weighted by Gasteiger charge is 2.27. The first-order valence-electron chi connectivity index (χ1n) is 8.54. The molecule has 0 saturated heterocycles. The lowest BCUT2D eigenvalue weighted by Gasteiger charge is -2.08. The Hall–Kier alpha value is -2.45. The van der Waals surface area contributed by atoms with E-state index in [4.69, 9.17) is 11.6 Å². The van der Waals surface area contributed by atoms with E-state index in [-0.39, 0.29) is 22.2 Å². The van der Waals surface area contributed by atoms with Crippen molar-refractivity contribution in [1.29, 1.82) is 0 Å². The molecule has 0 aliphatic heterocycles. The first-order chi connectivity index (χ1) is 12.9. The van der Waals surface area contributed by atoms with Crippen LogP contribution in [0.3, 0.4) is 0 Å². The van der Waals surface area contributed by atoms with Gasteiger partial charge in [-0.2, -0.15) is 0 Å². The maximum atomic E-state index is 12.7. The van der Waals surface area contributed by atoms with Gasteiger partial charge >= 0.3 is 0 Å². The van der Waals surface area contributed by atoms with Crippen LogP contribution in [0.4, 0.5) is 10.7 Å². The standard InChI is InChI=1S/C18H18ClN3O4S/c1-20-17(24)15-11-5-3-2-4-6-14(11)27-18(15)21-16(23)12-9-10(19)7-8-13(12)22(25)26/h7-9H,2-6H2,1H3,(H,20,24)(H,21,23). The number of thiophene rings is 1. The minimum Gasteiger partial charge on any atom is -0.355 e. The fraction of sp³-hybridized carbons (Fsp3) is 0.333. The average molecular weight is 408 g/mol. The number of fused-ring (bicyclic) bond motifs is 1. The van der Waals surface area contributed by atoms with Crippen LogP contribution >= 0.6 is 22.9 Å². The molecule has 1 aromatic carbocycles. The zero-order valence-electron chi connectivity index (χ0n) is 14.6. The highest BCUT2D eigenvalue weighted by Crippen LogP contribution is 2.38. The van der Waals surface area contributed by atoms with E-state index in [1.165, 1.54) is 36.6 Å². The Morgan fingerprint density at radius 2 is 1.93 bits per heavy atom. The van der Waals surface area contributed by atoms with E-state index in [9.17, 15) is 19.7 Å². The Balaban J connectivity index is 2.01. The first kappa shape index (κ1) is 19.3. The molecule has 1 aliphatic rings. The van der Waals surface area contributed by atoms with Crippen molar-refractivity contribution in [3.63, 3.8) is 0 Å². The van der Waals surface area contributed by atoms with Crippen LogP contribution < -0.4 is 10.6 Å². The second kappa shape index (κ2) is 8.06. The number of halogens is 1. The van der Waals surface area contributed by atoms with Gasteiger partial charge in [-0.15, -0.1) is 11.3 Å². The zero-order valence-corrected chi connectivity index (χ0v) is 16.2. The Morgan fingerprint density at radius 3 is 2.63 bits per heavy atom. The maximum absolute atomic E-state index is 12.7. The number of nitro benzene ring substituents is 1. The molecule has 142 valence electrons. The second-order valence-electron chi connectivity index (χ2n) is 6.22. The lowest BCUT2D eigenvalue weighted by molar-refractivity contribution is -0.385. The summed E-state index contributed by atoms with van der Waals surface area (Å²) in [5.74, 6) is -0.934. The molecule has 0 saturated carbocycles. The van der Waals surface area contributed by atoms with Gasteiger partial charge in [-0.1, -0.05) is 18.0 Å². The van der Waals surface area contributed by atoms with Crippen molar-refractivity contribution in [3.8, 4) is 0 Å². The molecule has 7 nitrogen and oxygen atoms in total. The molecular weight excluding hydrogens is 390 g/mol. The SMILES string of the molecule is CNC(=O)c1c(NC(=O)c2cc(Cl)ccc2[N+](=O)[O-])sc2c1CCCCC2. The molecule has 2 aromatic rings. The topological polar surface area (TPSA) is 101 Å². The van der Waals surface area contributed by atoms with E-state index < -0.39 is 10.8 Å². The number of rotatable bonds is 4. The number of carbonyl (C=O) groups excluding carboxylic acids is 2. The molecule has 0 fully saturated rings. The Morgan fingerprint density at radius 1 is 1.19 bits per heavy atom. The minimum atomic E-state index is -0.661.